The van der Waals surface area contributed by atoms with Gasteiger partial charge in [0.15, 0.2) is 11.4 Å². The number of rotatable bonds is 4. The van der Waals surface area contributed by atoms with E-state index in [4.69, 9.17) is 4.74 Å². The molecule has 1 aromatic heterocycles. The summed E-state index contributed by atoms with van der Waals surface area (Å²) in [6.45, 7) is 4.80. The summed E-state index contributed by atoms with van der Waals surface area (Å²) < 4.78 is 49.1. The van der Waals surface area contributed by atoms with Crippen LogP contribution < -0.4 is 14.8 Å². The monoisotopic (exact) mass is 425 g/mol. The summed E-state index contributed by atoms with van der Waals surface area (Å²) in [4.78, 5) is 12.7. The first-order chi connectivity index (χ1) is 13.5. The largest absolute Gasteiger partial charge is 0.484 e. The van der Waals surface area contributed by atoms with Crippen molar-refractivity contribution in [3.8, 4) is 5.75 Å². The van der Waals surface area contributed by atoms with Crippen LogP contribution in [-0.4, -0.2) is 42.8 Å². The normalized spacial score (nSPS) is 20.7. The molecule has 29 heavy (non-hydrogen) atoms. The number of aliphatic hydroxyl groups excluding tert-OH is 1. The highest BCUT2D eigenvalue weighted by atomic mass is 32.2. The number of nitrogens with zero attached hydrogens (tertiary/aromatic N) is 1. The van der Waals surface area contributed by atoms with Crippen molar-refractivity contribution in [2.75, 3.05) is 11.9 Å². The molecule has 0 saturated heterocycles. The van der Waals surface area contributed by atoms with Gasteiger partial charge >= 0.3 is 0 Å². The highest BCUT2D eigenvalue weighted by Crippen LogP contribution is 2.35. The SMILES string of the molecule is Cc1ccc(NC(=O)c2c3c(cn2C)S(=O)(=O)N[C@@H](CO)[C@H](C(C)C)O3)cc1F. The zero-order valence-corrected chi connectivity index (χ0v) is 17.4. The molecule has 3 rings (SSSR count). The summed E-state index contributed by atoms with van der Waals surface area (Å²) in [5.74, 6) is -1.36. The van der Waals surface area contributed by atoms with Crippen LogP contribution in [0.5, 0.6) is 5.75 Å². The Kier molecular flexibility index (Phi) is 5.70. The van der Waals surface area contributed by atoms with Gasteiger partial charge in [0.2, 0.25) is 10.0 Å². The van der Waals surface area contributed by atoms with Gasteiger partial charge in [-0.3, -0.25) is 4.79 Å². The summed E-state index contributed by atoms with van der Waals surface area (Å²) in [5, 5.41) is 12.2. The molecule has 8 nitrogen and oxygen atoms in total. The fourth-order valence-corrected chi connectivity index (χ4v) is 4.72. The highest BCUT2D eigenvalue weighted by Gasteiger charge is 2.40. The van der Waals surface area contributed by atoms with E-state index in [1.54, 1.807) is 13.0 Å². The number of anilines is 1. The van der Waals surface area contributed by atoms with E-state index in [0.29, 0.717) is 5.56 Å². The van der Waals surface area contributed by atoms with Gasteiger partial charge in [-0.05, 0) is 30.5 Å². The van der Waals surface area contributed by atoms with Crippen molar-refractivity contribution >= 4 is 21.6 Å². The lowest BCUT2D eigenvalue weighted by Gasteiger charge is -2.27. The first-order valence-electron chi connectivity index (χ1n) is 9.11. The van der Waals surface area contributed by atoms with E-state index in [2.05, 4.69) is 10.0 Å². The van der Waals surface area contributed by atoms with Gasteiger partial charge < -0.3 is 19.7 Å². The van der Waals surface area contributed by atoms with Gasteiger partial charge in [-0.15, -0.1) is 0 Å². The number of amides is 1. The highest BCUT2D eigenvalue weighted by molar-refractivity contribution is 7.89. The molecule has 0 spiro atoms. The fraction of sp³-hybridized carbons (Fsp3) is 0.421. The Bertz CT molecular complexity index is 1050. The number of carbonyl (C=O) groups is 1. The topological polar surface area (TPSA) is 110 Å². The molecule has 2 heterocycles. The Morgan fingerprint density at radius 2 is 2.10 bits per heavy atom. The first kappa shape index (κ1) is 21.3. The number of sulfonamides is 1. The second kappa shape index (κ2) is 7.77. The second-order valence-corrected chi connectivity index (χ2v) is 9.12. The first-order valence-corrected chi connectivity index (χ1v) is 10.6. The second-order valence-electron chi connectivity index (χ2n) is 7.44. The minimum absolute atomic E-state index is 0.0180. The third-order valence-corrected chi connectivity index (χ3v) is 6.33. The molecule has 0 radical (unpaired) electrons. The van der Waals surface area contributed by atoms with E-state index in [-0.39, 0.29) is 27.9 Å². The smallest absolute Gasteiger partial charge is 0.276 e. The van der Waals surface area contributed by atoms with E-state index in [1.165, 1.54) is 29.9 Å². The van der Waals surface area contributed by atoms with E-state index in [9.17, 15) is 22.7 Å². The number of ether oxygens (including phenoxy) is 1. The van der Waals surface area contributed by atoms with Crippen LogP contribution in [0.4, 0.5) is 10.1 Å². The molecule has 0 fully saturated rings. The molecule has 2 aromatic rings. The van der Waals surface area contributed by atoms with E-state index >= 15 is 0 Å². The van der Waals surface area contributed by atoms with Crippen LogP contribution in [0.3, 0.4) is 0 Å². The number of carbonyl (C=O) groups excluding carboxylic acids is 1. The quantitative estimate of drug-likeness (QED) is 0.692. The lowest BCUT2D eigenvalue weighted by Crippen LogP contribution is -2.48. The van der Waals surface area contributed by atoms with Gasteiger partial charge in [-0.25, -0.2) is 17.5 Å². The lowest BCUT2D eigenvalue weighted by atomic mass is 10.0. The molecule has 3 N–H and O–H groups in total. The Morgan fingerprint density at radius 1 is 1.41 bits per heavy atom. The van der Waals surface area contributed by atoms with E-state index in [1.807, 2.05) is 13.8 Å². The van der Waals surface area contributed by atoms with Crippen LogP contribution in [-0.2, 0) is 17.1 Å². The van der Waals surface area contributed by atoms with Gasteiger partial charge in [0, 0.05) is 18.9 Å². The third kappa shape index (κ3) is 4.00. The average molecular weight is 425 g/mol. The van der Waals surface area contributed by atoms with Crippen molar-refractivity contribution in [3.05, 3.63) is 41.5 Å². The van der Waals surface area contributed by atoms with Gasteiger partial charge in [0.25, 0.3) is 5.91 Å². The zero-order chi connectivity index (χ0) is 21.5. The van der Waals surface area contributed by atoms with Crippen LogP contribution in [0, 0.1) is 18.7 Å². The minimum atomic E-state index is -4.02. The average Bonchev–Trinajstić information content (AvgIpc) is 2.92. The van der Waals surface area contributed by atoms with Crippen molar-refractivity contribution in [2.45, 2.75) is 37.8 Å². The number of aliphatic hydroxyl groups is 1. The molecule has 0 bridgehead atoms. The maximum absolute atomic E-state index is 13.8. The predicted octanol–water partition coefficient (Wildman–Crippen LogP) is 1.78. The standard InChI is InChI=1S/C19H24FN3O5S/c1-10(2)17-14(9-24)22-29(26,27)15-8-23(4)16(18(15)28-17)19(25)21-12-6-5-11(3)13(20)7-12/h5-8,10,14,17,22,24H,9H2,1-4H3,(H,21,25)/t14-,17-/m0/s1. The summed E-state index contributed by atoms with van der Waals surface area (Å²) in [7, 11) is -2.50. The summed E-state index contributed by atoms with van der Waals surface area (Å²) in [6, 6.07) is 3.41. The summed E-state index contributed by atoms with van der Waals surface area (Å²) in [5.41, 5.74) is 0.651. The van der Waals surface area contributed by atoms with Crippen LogP contribution in [0.25, 0.3) is 0 Å². The zero-order valence-electron chi connectivity index (χ0n) is 16.6. The van der Waals surface area contributed by atoms with Gasteiger partial charge in [-0.2, -0.15) is 0 Å². The van der Waals surface area contributed by atoms with E-state index < -0.39 is 40.5 Å². The van der Waals surface area contributed by atoms with Crippen molar-refractivity contribution in [1.29, 1.82) is 0 Å². The number of nitrogens with one attached hydrogen (secondary N) is 2. The number of fused-ring (bicyclic) bond motifs is 1. The maximum Gasteiger partial charge on any atom is 0.276 e. The molecule has 158 valence electrons. The molecule has 1 aliphatic heterocycles. The number of halogens is 1. The molecule has 1 amide bonds. The van der Waals surface area contributed by atoms with Crippen LogP contribution in [0.15, 0.2) is 29.3 Å². The molecule has 1 aromatic carbocycles. The molecule has 0 aliphatic carbocycles. The van der Waals surface area contributed by atoms with Crippen LogP contribution in [0.2, 0.25) is 0 Å². The molecule has 10 heteroatoms. The van der Waals surface area contributed by atoms with Gasteiger partial charge in [0.05, 0.1) is 12.6 Å². The third-order valence-electron chi connectivity index (χ3n) is 4.85. The summed E-state index contributed by atoms with van der Waals surface area (Å²) in [6.07, 6.45) is 0.584. The number of benzene rings is 1. The molecule has 1 aliphatic rings. The summed E-state index contributed by atoms with van der Waals surface area (Å²) >= 11 is 0. The number of aryl methyl sites for hydroxylation is 2. The molecular weight excluding hydrogens is 401 g/mol. The molecule has 0 unspecified atom stereocenters. The Morgan fingerprint density at radius 3 is 2.69 bits per heavy atom. The van der Waals surface area contributed by atoms with Crippen molar-refractivity contribution in [3.63, 3.8) is 0 Å². The number of hydrogen-bond acceptors (Lipinski definition) is 5. The minimum Gasteiger partial charge on any atom is -0.484 e. The Labute approximate surface area is 168 Å². The van der Waals surface area contributed by atoms with Crippen molar-refractivity contribution in [1.82, 2.24) is 9.29 Å². The predicted molar refractivity (Wildman–Crippen MR) is 105 cm³/mol. The fourth-order valence-electron chi connectivity index (χ4n) is 3.30. The molecular formula is C19H24FN3O5S. The lowest BCUT2D eigenvalue weighted by molar-refractivity contribution is 0.0837. The van der Waals surface area contributed by atoms with Crippen LogP contribution in [0.1, 0.15) is 29.9 Å². The Balaban J connectivity index is 2.05. The molecule has 2 atom stereocenters. The van der Waals surface area contributed by atoms with E-state index in [0.717, 1.165) is 0 Å². The number of hydrogen-bond donors (Lipinski definition) is 3. The molecule has 0 saturated carbocycles. The van der Waals surface area contributed by atoms with Gasteiger partial charge in [-0.1, -0.05) is 19.9 Å². The van der Waals surface area contributed by atoms with Gasteiger partial charge in [0.1, 0.15) is 16.8 Å². The van der Waals surface area contributed by atoms with Crippen molar-refractivity contribution in [2.24, 2.45) is 13.0 Å². The Hall–Kier alpha value is -2.43. The number of aromatic nitrogens is 1. The van der Waals surface area contributed by atoms with Crippen LogP contribution >= 0.6 is 0 Å². The van der Waals surface area contributed by atoms with Crippen molar-refractivity contribution < 1.29 is 27.4 Å². The maximum atomic E-state index is 13.8.